The Morgan fingerprint density at radius 2 is 1.57 bits per heavy atom. The minimum absolute atomic E-state index is 0.0629. The lowest BCUT2D eigenvalue weighted by atomic mass is 10.1. The van der Waals surface area contributed by atoms with Crippen molar-refractivity contribution in [3.63, 3.8) is 0 Å². The largest absolute Gasteiger partial charge is 0.351 e. The number of carbonyl (C=O) groups is 2. The average molecular weight is 497 g/mol. The molecule has 3 aromatic rings. The van der Waals surface area contributed by atoms with Gasteiger partial charge in [0.25, 0.3) is 5.56 Å². The lowest BCUT2D eigenvalue weighted by Crippen LogP contribution is -2.45. The lowest BCUT2D eigenvalue weighted by molar-refractivity contribution is -0.194. The number of anilines is 2. The highest BCUT2D eigenvalue weighted by Gasteiger charge is 2.50. The van der Waals surface area contributed by atoms with Gasteiger partial charge in [0.1, 0.15) is 6.04 Å². The Bertz CT molecular complexity index is 1260. The number of hydrogen-bond donors (Lipinski definition) is 2. The molecule has 9 nitrogen and oxygen atoms in total. The first-order chi connectivity index (χ1) is 16.8. The Morgan fingerprint density at radius 3 is 2.20 bits per heavy atom. The maximum atomic E-state index is 13.2. The highest BCUT2D eigenvalue weighted by molar-refractivity contribution is 6.30. The second-order valence-corrected chi connectivity index (χ2v) is 8.49. The number of likely N-dealkylation sites (tertiary alicyclic amines) is 1. The number of methoxy groups -OCH3 is 2. The summed E-state index contributed by atoms with van der Waals surface area (Å²) < 4.78 is 12.6. The van der Waals surface area contributed by atoms with Crippen LogP contribution in [0.15, 0.2) is 77.7 Å². The fraction of sp³-hybridized carbons (Fsp3) is 0.240. The molecule has 4 rings (SSSR count). The Kier molecular flexibility index (Phi) is 7.20. The van der Waals surface area contributed by atoms with Gasteiger partial charge < -0.3 is 25.0 Å². The van der Waals surface area contributed by atoms with E-state index in [1.807, 2.05) is 0 Å². The summed E-state index contributed by atoms with van der Waals surface area (Å²) in [6, 6.07) is 17.1. The number of amides is 3. The van der Waals surface area contributed by atoms with Crippen molar-refractivity contribution in [1.82, 2.24) is 9.47 Å². The molecule has 1 aromatic heterocycles. The standard InChI is InChI=1S/C25H25ClN4O5/c1-34-25(35-2)15-21(30(16-25)24(33)28-19-8-6-17(26)7-9-19)23(32)27-18-10-12-20(13-11-18)29-14-4-3-5-22(29)31/h3-14,21H,15-16H2,1-2H3,(H,27,32)(H,28,33)/t21-/m1/s1. The number of nitrogens with one attached hydrogen (secondary N) is 2. The molecule has 1 saturated heterocycles. The molecule has 1 fully saturated rings. The topological polar surface area (TPSA) is 102 Å². The van der Waals surface area contributed by atoms with Crippen LogP contribution in [0.25, 0.3) is 5.69 Å². The molecule has 1 atom stereocenters. The number of rotatable bonds is 6. The molecule has 182 valence electrons. The quantitative estimate of drug-likeness (QED) is 0.506. The van der Waals surface area contributed by atoms with E-state index in [0.717, 1.165) is 0 Å². The molecule has 2 aromatic carbocycles. The minimum Gasteiger partial charge on any atom is -0.351 e. The summed E-state index contributed by atoms with van der Waals surface area (Å²) in [4.78, 5) is 39.7. The second kappa shape index (κ2) is 10.3. The van der Waals surface area contributed by atoms with E-state index in [2.05, 4.69) is 10.6 Å². The number of halogens is 1. The van der Waals surface area contributed by atoms with E-state index in [4.69, 9.17) is 21.1 Å². The van der Waals surface area contributed by atoms with Crippen LogP contribution in [0, 0.1) is 0 Å². The molecular formula is C25H25ClN4O5. The molecule has 2 heterocycles. The lowest BCUT2D eigenvalue weighted by Gasteiger charge is -2.26. The highest BCUT2D eigenvalue weighted by Crippen LogP contribution is 2.32. The first kappa shape index (κ1) is 24.5. The zero-order valence-corrected chi connectivity index (χ0v) is 20.0. The SMILES string of the molecule is COC1(OC)C[C@H](C(=O)Nc2ccc(-n3ccccc3=O)cc2)N(C(=O)Nc2ccc(Cl)cc2)C1. The van der Waals surface area contributed by atoms with Gasteiger partial charge in [-0.05, 0) is 54.6 Å². The van der Waals surface area contributed by atoms with Gasteiger partial charge in [-0.15, -0.1) is 0 Å². The maximum Gasteiger partial charge on any atom is 0.322 e. The number of urea groups is 1. The summed E-state index contributed by atoms with van der Waals surface area (Å²) in [5.74, 6) is -1.51. The third-order valence-corrected chi connectivity index (χ3v) is 6.18. The fourth-order valence-electron chi connectivity index (χ4n) is 3.97. The van der Waals surface area contributed by atoms with Gasteiger partial charge in [-0.3, -0.25) is 14.2 Å². The number of benzene rings is 2. The molecule has 10 heteroatoms. The zero-order chi connectivity index (χ0) is 25.0. The predicted octanol–water partition coefficient (Wildman–Crippen LogP) is 3.72. The molecule has 0 bridgehead atoms. The molecule has 0 unspecified atom stereocenters. The van der Waals surface area contributed by atoms with Crippen LogP contribution in [0.4, 0.5) is 16.2 Å². The van der Waals surface area contributed by atoms with Crippen molar-refractivity contribution in [1.29, 1.82) is 0 Å². The van der Waals surface area contributed by atoms with Crippen LogP contribution in [0.2, 0.25) is 5.02 Å². The molecule has 3 amide bonds. The van der Waals surface area contributed by atoms with E-state index in [9.17, 15) is 14.4 Å². The summed E-state index contributed by atoms with van der Waals surface area (Å²) in [6.45, 7) is 0.0629. The minimum atomic E-state index is -1.11. The van der Waals surface area contributed by atoms with Gasteiger partial charge >= 0.3 is 6.03 Å². The van der Waals surface area contributed by atoms with E-state index in [1.165, 1.54) is 29.8 Å². The molecule has 0 saturated carbocycles. The van der Waals surface area contributed by atoms with Crippen molar-refractivity contribution in [2.75, 3.05) is 31.4 Å². The van der Waals surface area contributed by atoms with Crippen LogP contribution < -0.4 is 16.2 Å². The molecule has 0 radical (unpaired) electrons. The maximum absolute atomic E-state index is 13.2. The van der Waals surface area contributed by atoms with E-state index in [-0.39, 0.29) is 18.5 Å². The molecule has 0 aliphatic carbocycles. The molecular weight excluding hydrogens is 472 g/mol. The van der Waals surface area contributed by atoms with Crippen LogP contribution in [0.1, 0.15) is 6.42 Å². The number of ether oxygens (including phenoxy) is 2. The molecule has 0 spiro atoms. The molecule has 1 aliphatic heterocycles. The van der Waals surface area contributed by atoms with Gasteiger partial charge in [-0.25, -0.2) is 4.79 Å². The van der Waals surface area contributed by atoms with Crippen LogP contribution in [0.5, 0.6) is 0 Å². The van der Waals surface area contributed by atoms with Gasteiger partial charge in [0.15, 0.2) is 5.79 Å². The van der Waals surface area contributed by atoms with E-state index in [0.29, 0.717) is 22.1 Å². The van der Waals surface area contributed by atoms with Crippen LogP contribution in [0.3, 0.4) is 0 Å². The van der Waals surface area contributed by atoms with Crippen LogP contribution in [-0.4, -0.2) is 54.0 Å². The molecule has 1 aliphatic rings. The third kappa shape index (κ3) is 5.37. The van der Waals surface area contributed by atoms with E-state index < -0.39 is 23.8 Å². The molecule has 2 N–H and O–H groups in total. The first-order valence-corrected chi connectivity index (χ1v) is 11.2. The highest BCUT2D eigenvalue weighted by atomic mass is 35.5. The number of aromatic nitrogens is 1. The van der Waals surface area contributed by atoms with Gasteiger partial charge in [0.2, 0.25) is 5.91 Å². The van der Waals surface area contributed by atoms with Gasteiger partial charge in [-0.1, -0.05) is 17.7 Å². The predicted molar refractivity (Wildman–Crippen MR) is 133 cm³/mol. The van der Waals surface area contributed by atoms with E-state index in [1.54, 1.807) is 66.9 Å². The van der Waals surface area contributed by atoms with Gasteiger partial charge in [0, 0.05) is 55.0 Å². The van der Waals surface area contributed by atoms with Crippen LogP contribution >= 0.6 is 11.6 Å². The number of pyridine rings is 1. The van der Waals surface area contributed by atoms with Crippen molar-refractivity contribution in [3.05, 3.63) is 88.3 Å². The van der Waals surface area contributed by atoms with Crippen LogP contribution in [-0.2, 0) is 14.3 Å². The summed E-state index contributed by atoms with van der Waals surface area (Å²) in [6.07, 6.45) is 1.82. The third-order valence-electron chi connectivity index (χ3n) is 5.93. The number of nitrogens with zero attached hydrogens (tertiary/aromatic N) is 2. The smallest absolute Gasteiger partial charge is 0.322 e. The Morgan fingerprint density at radius 1 is 0.943 bits per heavy atom. The van der Waals surface area contributed by atoms with Crippen molar-refractivity contribution in [3.8, 4) is 5.69 Å². The fourth-order valence-corrected chi connectivity index (χ4v) is 4.09. The average Bonchev–Trinajstić information content (AvgIpc) is 3.27. The van der Waals surface area contributed by atoms with Gasteiger partial charge in [-0.2, -0.15) is 0 Å². The monoisotopic (exact) mass is 496 g/mol. The Labute approximate surface area is 207 Å². The number of hydrogen-bond acceptors (Lipinski definition) is 5. The number of carbonyl (C=O) groups excluding carboxylic acids is 2. The Balaban J connectivity index is 1.51. The summed E-state index contributed by atoms with van der Waals surface area (Å²) in [7, 11) is 2.95. The Hall–Kier alpha value is -3.66. The van der Waals surface area contributed by atoms with Crippen molar-refractivity contribution < 1.29 is 19.1 Å². The van der Waals surface area contributed by atoms with Crippen molar-refractivity contribution in [2.24, 2.45) is 0 Å². The molecule has 35 heavy (non-hydrogen) atoms. The first-order valence-electron chi connectivity index (χ1n) is 10.9. The van der Waals surface area contributed by atoms with Crippen molar-refractivity contribution in [2.45, 2.75) is 18.2 Å². The van der Waals surface area contributed by atoms with E-state index >= 15 is 0 Å². The van der Waals surface area contributed by atoms with Gasteiger partial charge in [0.05, 0.1) is 6.54 Å². The van der Waals surface area contributed by atoms with Crippen molar-refractivity contribution >= 4 is 34.9 Å². The summed E-state index contributed by atoms with van der Waals surface area (Å²) in [5, 5.41) is 6.17. The zero-order valence-electron chi connectivity index (χ0n) is 19.2. The summed E-state index contributed by atoms with van der Waals surface area (Å²) in [5.41, 5.74) is 1.56. The summed E-state index contributed by atoms with van der Waals surface area (Å²) >= 11 is 5.92. The second-order valence-electron chi connectivity index (χ2n) is 8.05. The normalized spacial score (nSPS) is 16.7.